The van der Waals surface area contributed by atoms with Crippen molar-refractivity contribution in [2.75, 3.05) is 6.61 Å². The van der Waals surface area contributed by atoms with Crippen LogP contribution in [0.5, 0.6) is 5.75 Å². The van der Waals surface area contributed by atoms with Gasteiger partial charge in [0.2, 0.25) is 0 Å². The van der Waals surface area contributed by atoms with E-state index in [9.17, 15) is 13.2 Å². The topological polar surface area (TPSA) is 69.7 Å². The van der Waals surface area contributed by atoms with Gasteiger partial charge in [0, 0.05) is 10.7 Å². The number of rotatable bonds is 6. The quantitative estimate of drug-likeness (QED) is 0.577. The van der Waals surface area contributed by atoms with Crippen LogP contribution in [0.1, 0.15) is 16.7 Å². The van der Waals surface area contributed by atoms with Gasteiger partial charge in [0.15, 0.2) is 6.61 Å². The number of benzene rings is 2. The summed E-state index contributed by atoms with van der Waals surface area (Å²) >= 11 is 0. The lowest BCUT2D eigenvalue weighted by Gasteiger charge is -2.11. The predicted molar refractivity (Wildman–Crippen MR) is 90.7 cm³/mol. The van der Waals surface area contributed by atoms with E-state index in [2.05, 4.69) is 0 Å². The van der Waals surface area contributed by atoms with E-state index in [1.54, 1.807) is 13.8 Å². The van der Waals surface area contributed by atoms with Gasteiger partial charge in [0.25, 0.3) is 9.05 Å². The molecule has 7 heteroatoms. The molecule has 0 heterocycles. The van der Waals surface area contributed by atoms with Gasteiger partial charge in [-0.05, 0) is 42.7 Å². The normalized spacial score (nSPS) is 11.1. The molecule has 2 aromatic rings. The largest absolute Gasteiger partial charge is 0.482 e. The van der Waals surface area contributed by atoms with Crippen molar-refractivity contribution in [1.82, 2.24) is 0 Å². The van der Waals surface area contributed by atoms with Gasteiger partial charge in [-0.2, -0.15) is 0 Å². The average molecular weight is 369 g/mol. The second kappa shape index (κ2) is 7.68. The molecule has 0 fully saturated rings. The Morgan fingerprint density at radius 3 is 2.21 bits per heavy atom. The minimum absolute atomic E-state index is 0.0585. The molecule has 5 nitrogen and oxygen atoms in total. The Hall–Kier alpha value is -2.05. The zero-order valence-electron chi connectivity index (χ0n) is 13.3. The molecule has 0 saturated carbocycles. The highest BCUT2D eigenvalue weighted by Crippen LogP contribution is 2.28. The van der Waals surface area contributed by atoms with Crippen LogP contribution in [0.25, 0.3) is 0 Å². The fourth-order valence-electron chi connectivity index (χ4n) is 2.30. The summed E-state index contributed by atoms with van der Waals surface area (Å²) < 4.78 is 33.5. The van der Waals surface area contributed by atoms with Gasteiger partial charge in [0.05, 0.1) is 4.90 Å². The van der Waals surface area contributed by atoms with Gasteiger partial charge in [-0.15, -0.1) is 0 Å². The highest BCUT2D eigenvalue weighted by molar-refractivity contribution is 8.13. The van der Waals surface area contributed by atoms with Crippen LogP contribution < -0.4 is 4.74 Å². The van der Waals surface area contributed by atoms with Crippen molar-refractivity contribution in [3.63, 3.8) is 0 Å². The number of hydrogen-bond acceptors (Lipinski definition) is 5. The fraction of sp³-hybridized carbons (Fsp3) is 0.235. The van der Waals surface area contributed by atoms with Crippen molar-refractivity contribution in [2.45, 2.75) is 25.3 Å². The Bertz CT molecular complexity index is 808. The SMILES string of the molecule is Cc1cc(OCC(=O)OCc2ccccc2)cc(C)c1S(=O)(=O)Cl. The third-order valence-electron chi connectivity index (χ3n) is 3.28. The second-order valence-corrected chi connectivity index (χ2v) is 7.76. The molecule has 0 unspecified atom stereocenters. The highest BCUT2D eigenvalue weighted by atomic mass is 35.7. The summed E-state index contributed by atoms with van der Waals surface area (Å²) in [7, 11) is 1.58. The Morgan fingerprint density at radius 2 is 1.67 bits per heavy atom. The summed E-state index contributed by atoms with van der Waals surface area (Å²) in [6, 6.07) is 12.3. The van der Waals surface area contributed by atoms with Crippen LogP contribution in [0, 0.1) is 13.8 Å². The summed E-state index contributed by atoms with van der Waals surface area (Å²) in [5, 5.41) is 0. The number of aryl methyl sites for hydroxylation is 2. The number of halogens is 1. The molecule has 0 saturated heterocycles. The molecule has 0 N–H and O–H groups in total. The molecule has 0 radical (unpaired) electrons. The summed E-state index contributed by atoms with van der Waals surface area (Å²) in [5.41, 5.74) is 1.80. The molecule has 128 valence electrons. The number of hydrogen-bond donors (Lipinski definition) is 0. The van der Waals surface area contributed by atoms with Gasteiger partial charge in [-0.25, -0.2) is 13.2 Å². The fourth-order valence-corrected chi connectivity index (χ4v) is 3.92. The van der Waals surface area contributed by atoms with Crippen molar-refractivity contribution in [3.8, 4) is 5.75 Å². The van der Waals surface area contributed by atoms with Crippen LogP contribution >= 0.6 is 10.7 Å². The second-order valence-electron chi connectivity index (χ2n) is 5.26. The molecule has 2 rings (SSSR count). The van der Waals surface area contributed by atoms with Crippen molar-refractivity contribution in [2.24, 2.45) is 0 Å². The van der Waals surface area contributed by atoms with Gasteiger partial charge in [0.1, 0.15) is 12.4 Å². The highest BCUT2D eigenvalue weighted by Gasteiger charge is 2.18. The molecular weight excluding hydrogens is 352 g/mol. The lowest BCUT2D eigenvalue weighted by Crippen LogP contribution is -2.15. The molecule has 2 aromatic carbocycles. The zero-order chi connectivity index (χ0) is 17.7. The van der Waals surface area contributed by atoms with Crippen LogP contribution in [-0.2, 0) is 25.2 Å². The van der Waals surface area contributed by atoms with E-state index in [-0.39, 0.29) is 18.1 Å². The van der Waals surface area contributed by atoms with Crippen LogP contribution in [0.3, 0.4) is 0 Å². The van der Waals surface area contributed by atoms with E-state index in [1.165, 1.54) is 12.1 Å². The Kier molecular flexibility index (Phi) is 5.85. The molecule has 0 spiro atoms. The smallest absolute Gasteiger partial charge is 0.344 e. The summed E-state index contributed by atoms with van der Waals surface area (Å²) in [6.07, 6.45) is 0. The first-order chi connectivity index (χ1) is 11.3. The van der Waals surface area contributed by atoms with E-state index < -0.39 is 15.0 Å². The first kappa shape index (κ1) is 18.3. The monoisotopic (exact) mass is 368 g/mol. The maximum Gasteiger partial charge on any atom is 0.344 e. The molecule has 0 aliphatic carbocycles. The molecule has 0 aromatic heterocycles. The van der Waals surface area contributed by atoms with Gasteiger partial charge in [-0.3, -0.25) is 0 Å². The van der Waals surface area contributed by atoms with Crippen LogP contribution in [0.4, 0.5) is 0 Å². The average Bonchev–Trinajstić information content (AvgIpc) is 2.50. The van der Waals surface area contributed by atoms with Crippen molar-refractivity contribution in [1.29, 1.82) is 0 Å². The van der Waals surface area contributed by atoms with Gasteiger partial charge in [-0.1, -0.05) is 30.3 Å². The van der Waals surface area contributed by atoms with E-state index in [1.807, 2.05) is 30.3 Å². The van der Waals surface area contributed by atoms with Crippen LogP contribution in [0.15, 0.2) is 47.4 Å². The summed E-state index contributed by atoms with van der Waals surface area (Å²) in [6.45, 7) is 3.13. The van der Waals surface area contributed by atoms with Crippen molar-refractivity contribution < 1.29 is 22.7 Å². The standard InChI is InChI=1S/C17H17ClO5S/c1-12-8-15(9-13(2)17(12)24(18,20)21)22-11-16(19)23-10-14-6-4-3-5-7-14/h3-9H,10-11H2,1-2H3. The minimum Gasteiger partial charge on any atom is -0.482 e. The number of carbonyl (C=O) groups excluding carboxylic acids is 1. The number of esters is 1. The Balaban J connectivity index is 1.96. The van der Waals surface area contributed by atoms with Crippen molar-refractivity contribution in [3.05, 3.63) is 59.2 Å². The maximum atomic E-state index is 11.7. The molecular formula is C17H17ClO5S. The molecule has 0 bridgehead atoms. The molecule has 0 amide bonds. The lowest BCUT2D eigenvalue weighted by molar-refractivity contribution is -0.147. The van der Waals surface area contributed by atoms with E-state index in [0.717, 1.165) is 5.56 Å². The van der Waals surface area contributed by atoms with E-state index >= 15 is 0 Å². The number of ether oxygens (including phenoxy) is 2. The zero-order valence-corrected chi connectivity index (χ0v) is 14.9. The molecule has 24 heavy (non-hydrogen) atoms. The molecule has 0 aliphatic heterocycles. The van der Waals surface area contributed by atoms with Gasteiger partial charge < -0.3 is 9.47 Å². The number of carbonyl (C=O) groups is 1. The predicted octanol–water partition coefficient (Wildman–Crippen LogP) is 3.35. The molecule has 0 aliphatic rings. The maximum absolute atomic E-state index is 11.7. The van der Waals surface area contributed by atoms with E-state index in [0.29, 0.717) is 16.9 Å². The first-order valence-corrected chi connectivity index (χ1v) is 9.46. The Morgan fingerprint density at radius 1 is 1.08 bits per heavy atom. The summed E-state index contributed by atoms with van der Waals surface area (Å²) in [5.74, 6) is -0.131. The van der Waals surface area contributed by atoms with Gasteiger partial charge >= 0.3 is 5.97 Å². The Labute approximate surface area is 145 Å². The minimum atomic E-state index is -3.83. The lowest BCUT2D eigenvalue weighted by atomic mass is 10.1. The third kappa shape index (κ3) is 4.97. The summed E-state index contributed by atoms with van der Waals surface area (Å²) in [4.78, 5) is 11.8. The molecule has 0 atom stereocenters. The van der Waals surface area contributed by atoms with Crippen LogP contribution in [-0.4, -0.2) is 21.0 Å². The first-order valence-electron chi connectivity index (χ1n) is 7.15. The van der Waals surface area contributed by atoms with Crippen molar-refractivity contribution >= 4 is 25.7 Å². The van der Waals surface area contributed by atoms with Crippen LogP contribution in [0.2, 0.25) is 0 Å². The third-order valence-corrected chi connectivity index (χ3v) is 4.87. The van der Waals surface area contributed by atoms with E-state index in [4.69, 9.17) is 20.2 Å².